The Labute approximate surface area is 96.0 Å². The molecule has 15 heavy (non-hydrogen) atoms. The van der Waals surface area contributed by atoms with Gasteiger partial charge in [0.15, 0.2) is 8.32 Å². The van der Waals surface area contributed by atoms with E-state index in [1.165, 1.54) is 0 Å². The molecule has 0 saturated heterocycles. The SMILES string of the molecule is C#CCC(C=C)(CCCC)O[Si](C)(C)C. The van der Waals surface area contributed by atoms with Crippen LogP contribution in [0.5, 0.6) is 0 Å². The first kappa shape index (κ1) is 14.5. The molecule has 0 aromatic heterocycles. The molecule has 0 aromatic carbocycles. The molecule has 0 saturated carbocycles. The smallest absolute Gasteiger partial charge is 0.184 e. The molecule has 0 N–H and O–H groups in total. The van der Waals surface area contributed by atoms with Gasteiger partial charge in [-0.25, -0.2) is 0 Å². The highest BCUT2D eigenvalue weighted by Gasteiger charge is 2.31. The Morgan fingerprint density at radius 3 is 2.40 bits per heavy atom. The summed E-state index contributed by atoms with van der Waals surface area (Å²) in [4.78, 5) is 0. The molecule has 0 aliphatic heterocycles. The highest BCUT2D eigenvalue weighted by atomic mass is 28.4. The fourth-order valence-corrected chi connectivity index (χ4v) is 3.13. The van der Waals surface area contributed by atoms with Crippen LogP contribution in [0.1, 0.15) is 32.6 Å². The van der Waals surface area contributed by atoms with Crippen molar-refractivity contribution in [2.24, 2.45) is 0 Å². The number of hydrogen-bond donors (Lipinski definition) is 0. The van der Waals surface area contributed by atoms with Gasteiger partial charge in [0.1, 0.15) is 0 Å². The van der Waals surface area contributed by atoms with E-state index in [1.807, 2.05) is 6.08 Å². The van der Waals surface area contributed by atoms with Gasteiger partial charge in [0.05, 0.1) is 5.60 Å². The summed E-state index contributed by atoms with van der Waals surface area (Å²) in [6.45, 7) is 12.6. The molecular weight excluding hydrogens is 200 g/mol. The van der Waals surface area contributed by atoms with Crippen molar-refractivity contribution >= 4 is 8.32 Å². The molecule has 0 rings (SSSR count). The van der Waals surface area contributed by atoms with Gasteiger partial charge < -0.3 is 4.43 Å². The van der Waals surface area contributed by atoms with E-state index < -0.39 is 8.32 Å². The zero-order valence-electron chi connectivity index (χ0n) is 10.6. The van der Waals surface area contributed by atoms with E-state index in [0.717, 1.165) is 19.3 Å². The van der Waals surface area contributed by atoms with Crippen molar-refractivity contribution in [2.45, 2.75) is 57.8 Å². The minimum Gasteiger partial charge on any atom is -0.408 e. The van der Waals surface area contributed by atoms with Crippen LogP contribution in [0.3, 0.4) is 0 Å². The maximum absolute atomic E-state index is 6.20. The summed E-state index contributed by atoms with van der Waals surface area (Å²) in [7, 11) is -1.57. The second-order valence-corrected chi connectivity index (χ2v) is 9.40. The molecule has 0 spiro atoms. The van der Waals surface area contributed by atoms with Gasteiger partial charge >= 0.3 is 0 Å². The maximum Gasteiger partial charge on any atom is 0.184 e. The summed E-state index contributed by atoms with van der Waals surface area (Å²) in [6.07, 6.45) is 11.2. The van der Waals surface area contributed by atoms with Crippen molar-refractivity contribution in [1.82, 2.24) is 0 Å². The van der Waals surface area contributed by atoms with Crippen molar-refractivity contribution in [3.8, 4) is 12.3 Å². The van der Waals surface area contributed by atoms with Gasteiger partial charge in [-0.15, -0.1) is 18.9 Å². The van der Waals surface area contributed by atoms with Crippen molar-refractivity contribution < 1.29 is 4.43 Å². The molecule has 0 aliphatic carbocycles. The third-order valence-electron chi connectivity index (χ3n) is 2.24. The number of hydrogen-bond acceptors (Lipinski definition) is 1. The monoisotopic (exact) mass is 224 g/mol. The average molecular weight is 224 g/mol. The van der Waals surface area contributed by atoms with Gasteiger partial charge in [-0.3, -0.25) is 0 Å². The summed E-state index contributed by atoms with van der Waals surface area (Å²) in [6, 6.07) is 0. The van der Waals surface area contributed by atoms with Crippen LogP contribution in [0.2, 0.25) is 19.6 Å². The second-order valence-electron chi connectivity index (χ2n) is 4.97. The Kier molecular flexibility index (Phi) is 5.93. The van der Waals surface area contributed by atoms with Gasteiger partial charge in [0, 0.05) is 6.42 Å². The van der Waals surface area contributed by atoms with Crippen LogP contribution >= 0.6 is 0 Å². The fourth-order valence-electron chi connectivity index (χ4n) is 1.65. The molecule has 1 atom stereocenters. The van der Waals surface area contributed by atoms with E-state index in [0.29, 0.717) is 6.42 Å². The van der Waals surface area contributed by atoms with E-state index in [1.54, 1.807) is 0 Å². The molecule has 0 fully saturated rings. The summed E-state index contributed by atoms with van der Waals surface area (Å²) >= 11 is 0. The lowest BCUT2D eigenvalue weighted by Gasteiger charge is -2.35. The summed E-state index contributed by atoms with van der Waals surface area (Å²) in [5.41, 5.74) is -0.283. The Bertz CT molecular complexity index is 234. The first-order valence-corrected chi connectivity index (χ1v) is 9.07. The highest BCUT2D eigenvalue weighted by Crippen LogP contribution is 2.28. The molecular formula is C13H24OSi. The van der Waals surface area contributed by atoms with Gasteiger partial charge in [-0.1, -0.05) is 25.8 Å². The standard InChI is InChI=1S/C13H24OSi/c1-7-10-12-13(9-3,11-8-2)14-15(4,5)6/h2,9H,3,7,10-12H2,1,4-6H3. The van der Waals surface area contributed by atoms with E-state index in [-0.39, 0.29) is 5.60 Å². The molecule has 1 nitrogen and oxygen atoms in total. The topological polar surface area (TPSA) is 9.23 Å². The summed E-state index contributed by atoms with van der Waals surface area (Å²) in [5, 5.41) is 0. The van der Waals surface area contributed by atoms with Gasteiger partial charge in [0.2, 0.25) is 0 Å². The predicted octanol–water partition coefficient (Wildman–Crippen LogP) is 3.98. The summed E-state index contributed by atoms with van der Waals surface area (Å²) < 4.78 is 6.20. The predicted molar refractivity (Wildman–Crippen MR) is 70.3 cm³/mol. The minimum atomic E-state index is -1.57. The largest absolute Gasteiger partial charge is 0.408 e. The molecule has 0 aliphatic rings. The van der Waals surface area contributed by atoms with Gasteiger partial charge in [0.25, 0.3) is 0 Å². The Morgan fingerprint density at radius 2 is 2.07 bits per heavy atom. The van der Waals surface area contributed by atoms with E-state index in [9.17, 15) is 0 Å². The second kappa shape index (κ2) is 6.15. The van der Waals surface area contributed by atoms with Crippen molar-refractivity contribution in [3.05, 3.63) is 12.7 Å². The third-order valence-corrected chi connectivity index (χ3v) is 3.26. The zero-order chi connectivity index (χ0) is 11.9. The van der Waals surface area contributed by atoms with Crippen molar-refractivity contribution in [3.63, 3.8) is 0 Å². The Morgan fingerprint density at radius 1 is 1.47 bits per heavy atom. The fraction of sp³-hybridized carbons (Fsp3) is 0.692. The average Bonchev–Trinajstić information content (AvgIpc) is 2.12. The lowest BCUT2D eigenvalue weighted by molar-refractivity contribution is 0.105. The van der Waals surface area contributed by atoms with Crippen LogP contribution in [0.15, 0.2) is 12.7 Å². The van der Waals surface area contributed by atoms with Crippen LogP contribution in [-0.2, 0) is 4.43 Å². The first-order valence-electron chi connectivity index (χ1n) is 5.66. The molecule has 2 heteroatoms. The number of unbranched alkanes of at least 4 members (excludes halogenated alkanes) is 1. The zero-order valence-corrected chi connectivity index (χ0v) is 11.6. The Hall–Kier alpha value is -0.523. The van der Waals surface area contributed by atoms with Crippen LogP contribution in [0.4, 0.5) is 0 Å². The molecule has 0 amide bonds. The third kappa shape index (κ3) is 5.81. The lowest BCUT2D eigenvalue weighted by atomic mass is 9.94. The van der Waals surface area contributed by atoms with Crippen molar-refractivity contribution in [2.75, 3.05) is 0 Å². The van der Waals surface area contributed by atoms with Gasteiger partial charge in [-0.05, 0) is 26.1 Å². The normalized spacial score (nSPS) is 15.4. The maximum atomic E-state index is 6.20. The molecule has 0 heterocycles. The highest BCUT2D eigenvalue weighted by molar-refractivity contribution is 6.69. The van der Waals surface area contributed by atoms with Crippen LogP contribution in [0, 0.1) is 12.3 Å². The molecule has 86 valence electrons. The first-order chi connectivity index (χ1) is 6.89. The van der Waals surface area contributed by atoms with Gasteiger partial charge in [-0.2, -0.15) is 0 Å². The van der Waals surface area contributed by atoms with E-state index in [4.69, 9.17) is 10.8 Å². The van der Waals surface area contributed by atoms with E-state index in [2.05, 4.69) is 39.1 Å². The minimum absolute atomic E-state index is 0.283. The van der Waals surface area contributed by atoms with Crippen LogP contribution in [-0.4, -0.2) is 13.9 Å². The van der Waals surface area contributed by atoms with E-state index >= 15 is 0 Å². The summed E-state index contributed by atoms with van der Waals surface area (Å²) in [5.74, 6) is 2.72. The quantitative estimate of drug-likeness (QED) is 0.361. The van der Waals surface area contributed by atoms with Crippen LogP contribution < -0.4 is 0 Å². The van der Waals surface area contributed by atoms with Crippen LogP contribution in [0.25, 0.3) is 0 Å². The number of terminal acetylenes is 1. The molecule has 1 unspecified atom stereocenters. The van der Waals surface area contributed by atoms with Crippen molar-refractivity contribution in [1.29, 1.82) is 0 Å². The lowest BCUT2D eigenvalue weighted by Crippen LogP contribution is -2.41. The molecule has 0 bridgehead atoms. The molecule has 0 radical (unpaired) electrons. The number of rotatable bonds is 7. The molecule has 0 aromatic rings. The Balaban J connectivity index is 4.66.